The van der Waals surface area contributed by atoms with Crippen LogP contribution < -0.4 is 0 Å². The van der Waals surface area contributed by atoms with Gasteiger partial charge < -0.3 is 4.90 Å². The number of hydrogen-bond donors (Lipinski definition) is 0. The zero-order valence-corrected chi connectivity index (χ0v) is 10.6. The predicted molar refractivity (Wildman–Crippen MR) is 65.3 cm³/mol. The topological polar surface area (TPSA) is 46.1 Å². The Morgan fingerprint density at radius 3 is 2.69 bits per heavy atom. The van der Waals surface area contributed by atoms with Crippen molar-refractivity contribution in [1.82, 2.24) is 15.1 Å². The number of nitrogens with zero attached hydrogens (tertiary/aromatic N) is 3. The Labute approximate surface area is 107 Å². The molecule has 1 fully saturated rings. The van der Waals surface area contributed by atoms with E-state index in [4.69, 9.17) is 23.2 Å². The summed E-state index contributed by atoms with van der Waals surface area (Å²) in [6.07, 6.45) is 0. The first-order chi connectivity index (χ1) is 7.68. The first-order valence-electron chi connectivity index (χ1n) is 4.74. The Kier molecular flexibility index (Phi) is 3.89. The number of aromatic nitrogens is 2. The molecule has 0 radical (unpaired) electrons. The van der Waals surface area contributed by atoms with Crippen LogP contribution >= 0.6 is 35.0 Å². The lowest BCUT2D eigenvalue weighted by Crippen LogP contribution is -2.38. The van der Waals surface area contributed by atoms with Crippen molar-refractivity contribution >= 4 is 40.9 Å². The Hall–Kier alpha value is -0.520. The second-order valence-electron chi connectivity index (χ2n) is 3.28. The largest absolute Gasteiger partial charge is 0.337 e. The molecule has 1 saturated heterocycles. The van der Waals surface area contributed by atoms with Crippen molar-refractivity contribution in [2.45, 2.75) is 0 Å². The molecule has 2 heterocycles. The summed E-state index contributed by atoms with van der Waals surface area (Å²) < 4.78 is 0. The highest BCUT2D eigenvalue weighted by atomic mass is 35.5. The summed E-state index contributed by atoms with van der Waals surface area (Å²) in [5.74, 6) is 1.78. The minimum absolute atomic E-state index is 0.104. The quantitative estimate of drug-likeness (QED) is 0.788. The molecule has 1 aromatic heterocycles. The minimum Gasteiger partial charge on any atom is -0.337 e. The van der Waals surface area contributed by atoms with Gasteiger partial charge in [0, 0.05) is 24.6 Å². The SMILES string of the molecule is O=C(c1cc(Cl)nnc1Cl)N1CCSCC1. The van der Waals surface area contributed by atoms with Crippen molar-refractivity contribution in [2.24, 2.45) is 0 Å². The van der Waals surface area contributed by atoms with Gasteiger partial charge in [-0.05, 0) is 6.07 Å². The number of carbonyl (C=O) groups excluding carboxylic acids is 1. The van der Waals surface area contributed by atoms with Crippen LogP contribution in [0.25, 0.3) is 0 Å². The second kappa shape index (κ2) is 5.21. The van der Waals surface area contributed by atoms with Crippen LogP contribution in [0, 0.1) is 0 Å². The molecule has 1 amide bonds. The Balaban J connectivity index is 2.22. The highest BCUT2D eigenvalue weighted by molar-refractivity contribution is 7.99. The smallest absolute Gasteiger partial charge is 0.257 e. The van der Waals surface area contributed by atoms with Gasteiger partial charge in [0.15, 0.2) is 10.3 Å². The van der Waals surface area contributed by atoms with Crippen molar-refractivity contribution < 1.29 is 4.79 Å². The highest BCUT2D eigenvalue weighted by Crippen LogP contribution is 2.19. The van der Waals surface area contributed by atoms with E-state index in [1.54, 1.807) is 4.90 Å². The summed E-state index contributed by atoms with van der Waals surface area (Å²) >= 11 is 13.4. The molecule has 1 aromatic rings. The monoisotopic (exact) mass is 277 g/mol. The summed E-state index contributed by atoms with van der Waals surface area (Å²) in [7, 11) is 0. The standard InChI is InChI=1S/C9H9Cl2N3OS/c10-7-5-6(8(11)13-12-7)9(15)14-1-3-16-4-2-14/h5H,1-4H2. The van der Waals surface area contributed by atoms with Gasteiger partial charge >= 0.3 is 0 Å². The molecule has 4 nitrogen and oxygen atoms in total. The lowest BCUT2D eigenvalue weighted by molar-refractivity contribution is 0.0772. The van der Waals surface area contributed by atoms with Gasteiger partial charge in [-0.25, -0.2) is 0 Å². The van der Waals surface area contributed by atoms with Crippen LogP contribution in [0.4, 0.5) is 0 Å². The third-order valence-electron chi connectivity index (χ3n) is 2.25. The summed E-state index contributed by atoms with van der Waals surface area (Å²) in [4.78, 5) is 13.8. The number of thioether (sulfide) groups is 1. The van der Waals surface area contributed by atoms with Crippen LogP contribution in [0.1, 0.15) is 10.4 Å². The molecule has 0 N–H and O–H groups in total. The first kappa shape index (κ1) is 12.0. The lowest BCUT2D eigenvalue weighted by atomic mass is 10.2. The Morgan fingerprint density at radius 2 is 2.00 bits per heavy atom. The molecule has 7 heteroatoms. The van der Waals surface area contributed by atoms with Gasteiger partial charge in [-0.15, -0.1) is 10.2 Å². The lowest BCUT2D eigenvalue weighted by Gasteiger charge is -2.26. The first-order valence-corrected chi connectivity index (χ1v) is 6.65. The van der Waals surface area contributed by atoms with Crippen molar-refractivity contribution in [3.63, 3.8) is 0 Å². The van der Waals surface area contributed by atoms with E-state index in [0.717, 1.165) is 24.6 Å². The highest BCUT2D eigenvalue weighted by Gasteiger charge is 2.21. The molecule has 1 aliphatic rings. The number of rotatable bonds is 1. The number of carbonyl (C=O) groups is 1. The van der Waals surface area contributed by atoms with E-state index in [-0.39, 0.29) is 16.2 Å². The summed E-state index contributed by atoms with van der Waals surface area (Å²) in [5, 5.41) is 7.48. The van der Waals surface area contributed by atoms with Crippen molar-refractivity contribution in [1.29, 1.82) is 0 Å². The summed E-state index contributed by atoms with van der Waals surface area (Å²) in [6, 6.07) is 1.46. The zero-order valence-electron chi connectivity index (χ0n) is 8.32. The molecule has 0 unspecified atom stereocenters. The van der Waals surface area contributed by atoms with E-state index in [9.17, 15) is 4.79 Å². The minimum atomic E-state index is -0.123. The molecule has 1 aliphatic heterocycles. The summed E-state index contributed by atoms with van der Waals surface area (Å²) in [6.45, 7) is 1.47. The van der Waals surface area contributed by atoms with Crippen molar-refractivity contribution in [3.8, 4) is 0 Å². The van der Waals surface area contributed by atoms with Gasteiger partial charge in [0.25, 0.3) is 5.91 Å². The average Bonchev–Trinajstić information content (AvgIpc) is 2.32. The molecular formula is C9H9Cl2N3OS. The molecule has 0 bridgehead atoms. The van der Waals surface area contributed by atoms with E-state index < -0.39 is 0 Å². The van der Waals surface area contributed by atoms with E-state index in [0.29, 0.717) is 5.56 Å². The molecule has 16 heavy (non-hydrogen) atoms. The van der Waals surface area contributed by atoms with Gasteiger partial charge in [-0.1, -0.05) is 23.2 Å². The fourth-order valence-electron chi connectivity index (χ4n) is 1.44. The van der Waals surface area contributed by atoms with Gasteiger partial charge in [0.05, 0.1) is 5.56 Å². The molecule has 0 saturated carbocycles. The van der Waals surface area contributed by atoms with Gasteiger partial charge in [0.2, 0.25) is 0 Å². The Bertz CT molecular complexity index is 410. The second-order valence-corrected chi connectivity index (χ2v) is 5.25. The van der Waals surface area contributed by atoms with Crippen LogP contribution in [0.15, 0.2) is 6.07 Å². The summed E-state index contributed by atoms with van der Waals surface area (Å²) in [5.41, 5.74) is 0.327. The van der Waals surface area contributed by atoms with Crippen LogP contribution in [0.3, 0.4) is 0 Å². The van der Waals surface area contributed by atoms with Crippen LogP contribution in [0.5, 0.6) is 0 Å². The van der Waals surface area contributed by atoms with Crippen molar-refractivity contribution in [3.05, 3.63) is 21.9 Å². The molecule has 0 spiro atoms. The molecular weight excluding hydrogens is 269 g/mol. The molecule has 86 valence electrons. The molecule has 2 rings (SSSR count). The maximum atomic E-state index is 12.1. The van der Waals surface area contributed by atoms with Gasteiger partial charge in [0.1, 0.15) is 0 Å². The van der Waals surface area contributed by atoms with Crippen LogP contribution in [0.2, 0.25) is 10.3 Å². The normalized spacial score (nSPS) is 16.2. The molecule has 0 aromatic carbocycles. The molecule has 0 atom stereocenters. The van der Waals surface area contributed by atoms with Gasteiger partial charge in [-0.2, -0.15) is 11.8 Å². The number of hydrogen-bond acceptors (Lipinski definition) is 4. The number of amides is 1. The van der Waals surface area contributed by atoms with E-state index in [2.05, 4.69) is 10.2 Å². The maximum absolute atomic E-state index is 12.1. The van der Waals surface area contributed by atoms with E-state index in [1.165, 1.54) is 6.07 Å². The zero-order chi connectivity index (χ0) is 11.5. The average molecular weight is 278 g/mol. The van der Waals surface area contributed by atoms with Crippen LogP contribution in [-0.4, -0.2) is 45.6 Å². The van der Waals surface area contributed by atoms with Crippen molar-refractivity contribution in [2.75, 3.05) is 24.6 Å². The Morgan fingerprint density at radius 1 is 1.31 bits per heavy atom. The predicted octanol–water partition coefficient (Wildman–Crippen LogP) is 1.97. The maximum Gasteiger partial charge on any atom is 0.257 e. The van der Waals surface area contributed by atoms with E-state index >= 15 is 0 Å². The third-order valence-corrected chi connectivity index (χ3v) is 3.65. The van der Waals surface area contributed by atoms with E-state index in [1.807, 2.05) is 11.8 Å². The van der Waals surface area contributed by atoms with Crippen LogP contribution in [-0.2, 0) is 0 Å². The number of halogens is 2. The fourth-order valence-corrected chi connectivity index (χ4v) is 2.66. The molecule has 0 aliphatic carbocycles. The fraction of sp³-hybridized carbons (Fsp3) is 0.444. The van der Waals surface area contributed by atoms with Gasteiger partial charge in [-0.3, -0.25) is 4.79 Å². The third kappa shape index (κ3) is 2.59.